The van der Waals surface area contributed by atoms with Crippen LogP contribution in [0.2, 0.25) is 0 Å². The van der Waals surface area contributed by atoms with E-state index in [1.165, 1.54) is 12.1 Å². The van der Waals surface area contributed by atoms with Crippen molar-refractivity contribution in [1.29, 1.82) is 0 Å². The number of nitro groups is 1. The molecule has 1 unspecified atom stereocenters. The number of pyridine rings is 1. The van der Waals surface area contributed by atoms with Gasteiger partial charge in [-0.3, -0.25) is 10.1 Å². The minimum Gasteiger partial charge on any atom is -0.363 e. The van der Waals surface area contributed by atoms with Gasteiger partial charge in [-0.05, 0) is 36.6 Å². The third-order valence-corrected chi connectivity index (χ3v) is 3.15. The monoisotopic (exact) mass is 271 g/mol. The molecule has 0 bridgehead atoms. The lowest BCUT2D eigenvalue weighted by atomic mass is 10.0. The molecule has 1 aromatic carbocycles. The van der Waals surface area contributed by atoms with Gasteiger partial charge < -0.3 is 5.32 Å². The first kappa shape index (κ1) is 14.0. The summed E-state index contributed by atoms with van der Waals surface area (Å²) < 4.78 is 0. The molecule has 104 valence electrons. The highest BCUT2D eigenvalue weighted by atomic mass is 16.6. The van der Waals surface area contributed by atoms with Crippen molar-refractivity contribution in [2.24, 2.45) is 0 Å². The Kier molecular flexibility index (Phi) is 4.30. The van der Waals surface area contributed by atoms with E-state index in [4.69, 9.17) is 0 Å². The molecule has 0 fully saturated rings. The van der Waals surface area contributed by atoms with Gasteiger partial charge in [-0.15, -0.1) is 0 Å². The first-order chi connectivity index (χ1) is 9.60. The average Bonchev–Trinajstić information content (AvgIpc) is 2.45. The van der Waals surface area contributed by atoms with Crippen molar-refractivity contribution < 1.29 is 4.92 Å². The number of nitrogens with one attached hydrogen (secondary N) is 1. The summed E-state index contributed by atoms with van der Waals surface area (Å²) in [5.41, 5.74) is 2.26. The third-order valence-electron chi connectivity index (χ3n) is 3.15. The molecule has 1 heterocycles. The Morgan fingerprint density at radius 1 is 1.30 bits per heavy atom. The maximum absolute atomic E-state index is 10.7. The third kappa shape index (κ3) is 3.32. The molecule has 0 amide bonds. The first-order valence-corrected chi connectivity index (χ1v) is 6.53. The van der Waals surface area contributed by atoms with Gasteiger partial charge in [0.05, 0.1) is 11.0 Å². The standard InChI is InChI=1S/C15H17N3O2/c1-3-14(17-15-10-11(2)8-9-16-15)12-4-6-13(7-5-12)18(19)20/h4-10,14H,3H2,1-2H3,(H,16,17). The van der Waals surface area contributed by atoms with E-state index in [9.17, 15) is 10.1 Å². The zero-order valence-electron chi connectivity index (χ0n) is 11.5. The van der Waals surface area contributed by atoms with Crippen LogP contribution in [0, 0.1) is 17.0 Å². The summed E-state index contributed by atoms with van der Waals surface area (Å²) in [5.74, 6) is 0.815. The van der Waals surface area contributed by atoms with Crippen LogP contribution < -0.4 is 5.32 Å². The Bertz CT molecular complexity index is 596. The van der Waals surface area contributed by atoms with Gasteiger partial charge in [-0.1, -0.05) is 19.1 Å². The minimum atomic E-state index is -0.389. The second-order valence-electron chi connectivity index (χ2n) is 4.67. The molecule has 1 atom stereocenters. The highest BCUT2D eigenvalue weighted by Gasteiger charge is 2.12. The SMILES string of the molecule is CCC(Nc1cc(C)ccn1)c1ccc([N+](=O)[O-])cc1. The van der Waals surface area contributed by atoms with Gasteiger partial charge in [0.1, 0.15) is 5.82 Å². The van der Waals surface area contributed by atoms with Gasteiger partial charge in [0, 0.05) is 18.3 Å². The Morgan fingerprint density at radius 3 is 2.55 bits per heavy atom. The van der Waals surface area contributed by atoms with Crippen molar-refractivity contribution in [3.8, 4) is 0 Å². The molecular weight excluding hydrogens is 254 g/mol. The normalized spacial score (nSPS) is 11.9. The zero-order chi connectivity index (χ0) is 14.5. The molecule has 20 heavy (non-hydrogen) atoms. The summed E-state index contributed by atoms with van der Waals surface area (Å²) in [6, 6.07) is 10.6. The van der Waals surface area contributed by atoms with Crippen molar-refractivity contribution in [2.75, 3.05) is 5.32 Å². The van der Waals surface area contributed by atoms with E-state index in [-0.39, 0.29) is 16.7 Å². The van der Waals surface area contributed by atoms with E-state index in [2.05, 4.69) is 17.2 Å². The molecule has 5 heteroatoms. The molecule has 2 aromatic rings. The molecule has 0 spiro atoms. The Morgan fingerprint density at radius 2 is 2.00 bits per heavy atom. The number of benzene rings is 1. The smallest absolute Gasteiger partial charge is 0.269 e. The van der Waals surface area contributed by atoms with E-state index >= 15 is 0 Å². The maximum atomic E-state index is 10.7. The summed E-state index contributed by atoms with van der Waals surface area (Å²) in [6.07, 6.45) is 2.63. The molecule has 0 aliphatic rings. The summed E-state index contributed by atoms with van der Waals surface area (Å²) in [5, 5.41) is 14.0. The van der Waals surface area contributed by atoms with Crippen LogP contribution in [0.25, 0.3) is 0 Å². The number of aryl methyl sites for hydroxylation is 1. The Labute approximate surface area is 117 Å². The number of non-ortho nitro benzene ring substituents is 1. The average molecular weight is 271 g/mol. The second kappa shape index (κ2) is 6.14. The van der Waals surface area contributed by atoms with E-state index in [1.54, 1.807) is 18.3 Å². The van der Waals surface area contributed by atoms with Gasteiger partial charge in [-0.25, -0.2) is 4.98 Å². The fourth-order valence-corrected chi connectivity index (χ4v) is 2.04. The lowest BCUT2D eigenvalue weighted by Gasteiger charge is -2.18. The highest BCUT2D eigenvalue weighted by molar-refractivity contribution is 5.42. The zero-order valence-corrected chi connectivity index (χ0v) is 11.5. The van der Waals surface area contributed by atoms with E-state index in [0.717, 1.165) is 23.4 Å². The molecule has 0 saturated carbocycles. The lowest BCUT2D eigenvalue weighted by molar-refractivity contribution is -0.384. The minimum absolute atomic E-state index is 0.0881. The van der Waals surface area contributed by atoms with Crippen LogP contribution in [0.1, 0.15) is 30.5 Å². The largest absolute Gasteiger partial charge is 0.363 e. The number of aromatic nitrogens is 1. The van der Waals surface area contributed by atoms with Crippen LogP contribution in [0.4, 0.5) is 11.5 Å². The Hall–Kier alpha value is -2.43. The molecule has 0 radical (unpaired) electrons. The maximum Gasteiger partial charge on any atom is 0.269 e. The lowest BCUT2D eigenvalue weighted by Crippen LogP contribution is -2.10. The summed E-state index contributed by atoms with van der Waals surface area (Å²) >= 11 is 0. The van der Waals surface area contributed by atoms with Crippen LogP contribution in [-0.4, -0.2) is 9.91 Å². The van der Waals surface area contributed by atoms with Crippen molar-refractivity contribution >= 4 is 11.5 Å². The fraction of sp³-hybridized carbons (Fsp3) is 0.267. The van der Waals surface area contributed by atoms with Crippen LogP contribution >= 0.6 is 0 Å². The van der Waals surface area contributed by atoms with Crippen LogP contribution in [0.15, 0.2) is 42.6 Å². The molecule has 5 nitrogen and oxygen atoms in total. The predicted molar refractivity (Wildman–Crippen MR) is 78.7 cm³/mol. The topological polar surface area (TPSA) is 68.1 Å². The number of hydrogen-bond acceptors (Lipinski definition) is 4. The van der Waals surface area contributed by atoms with Crippen LogP contribution in [-0.2, 0) is 0 Å². The number of nitro benzene ring substituents is 1. The Balaban J connectivity index is 2.17. The van der Waals surface area contributed by atoms with Crippen molar-refractivity contribution in [1.82, 2.24) is 4.98 Å². The van der Waals surface area contributed by atoms with Gasteiger partial charge in [-0.2, -0.15) is 0 Å². The second-order valence-corrected chi connectivity index (χ2v) is 4.67. The van der Waals surface area contributed by atoms with Crippen molar-refractivity contribution in [2.45, 2.75) is 26.3 Å². The molecule has 1 N–H and O–H groups in total. The summed E-state index contributed by atoms with van der Waals surface area (Å²) in [7, 11) is 0. The van der Waals surface area contributed by atoms with E-state index in [0.29, 0.717) is 0 Å². The van der Waals surface area contributed by atoms with Gasteiger partial charge in [0.15, 0.2) is 0 Å². The van der Waals surface area contributed by atoms with Gasteiger partial charge >= 0.3 is 0 Å². The van der Waals surface area contributed by atoms with Crippen LogP contribution in [0.3, 0.4) is 0 Å². The number of anilines is 1. The van der Waals surface area contributed by atoms with Gasteiger partial charge in [0.2, 0.25) is 0 Å². The number of rotatable bonds is 5. The number of hydrogen-bond donors (Lipinski definition) is 1. The van der Waals surface area contributed by atoms with Gasteiger partial charge in [0.25, 0.3) is 5.69 Å². The van der Waals surface area contributed by atoms with Crippen molar-refractivity contribution in [3.05, 3.63) is 63.8 Å². The highest BCUT2D eigenvalue weighted by Crippen LogP contribution is 2.23. The van der Waals surface area contributed by atoms with E-state index in [1.807, 2.05) is 19.1 Å². The van der Waals surface area contributed by atoms with Crippen molar-refractivity contribution in [3.63, 3.8) is 0 Å². The summed E-state index contributed by atoms with van der Waals surface area (Å²) in [4.78, 5) is 14.6. The number of nitrogens with zero attached hydrogens (tertiary/aromatic N) is 2. The fourth-order valence-electron chi connectivity index (χ4n) is 2.04. The summed E-state index contributed by atoms with van der Waals surface area (Å²) in [6.45, 7) is 4.08. The molecular formula is C15H17N3O2. The molecule has 0 aliphatic carbocycles. The quantitative estimate of drug-likeness (QED) is 0.662. The molecule has 0 saturated heterocycles. The first-order valence-electron chi connectivity index (χ1n) is 6.53. The van der Waals surface area contributed by atoms with Crippen LogP contribution in [0.5, 0.6) is 0 Å². The molecule has 1 aromatic heterocycles. The molecule has 0 aliphatic heterocycles. The molecule has 2 rings (SSSR count). The van der Waals surface area contributed by atoms with E-state index < -0.39 is 0 Å². The predicted octanol–water partition coefficient (Wildman–Crippen LogP) is 3.86.